The SMILES string of the molecule is COc1cc(OC)cc(C(=O)N[C@@H](C(=O)N(C)C[C@H](C)C#N)C(C)C)c1. The second-order valence-corrected chi connectivity index (χ2v) is 6.55. The van der Waals surface area contributed by atoms with Crippen LogP contribution >= 0.6 is 0 Å². The molecule has 1 aromatic rings. The zero-order valence-electron chi connectivity index (χ0n) is 16.2. The Balaban J connectivity index is 2.98. The van der Waals surface area contributed by atoms with Gasteiger partial charge in [-0.15, -0.1) is 0 Å². The summed E-state index contributed by atoms with van der Waals surface area (Å²) in [5, 5.41) is 11.7. The molecule has 1 N–H and O–H groups in total. The van der Waals surface area contributed by atoms with Gasteiger partial charge in [-0.05, 0) is 25.0 Å². The first-order chi connectivity index (χ1) is 12.2. The lowest BCUT2D eigenvalue weighted by Gasteiger charge is -2.27. The average molecular weight is 361 g/mol. The summed E-state index contributed by atoms with van der Waals surface area (Å²) in [6.07, 6.45) is 0. The molecule has 26 heavy (non-hydrogen) atoms. The van der Waals surface area contributed by atoms with Crippen LogP contribution in [0.2, 0.25) is 0 Å². The van der Waals surface area contributed by atoms with Crippen molar-refractivity contribution in [2.45, 2.75) is 26.8 Å². The fourth-order valence-electron chi connectivity index (χ4n) is 2.46. The van der Waals surface area contributed by atoms with Gasteiger partial charge in [0.1, 0.15) is 17.5 Å². The molecule has 0 unspecified atom stereocenters. The Morgan fingerprint density at radius 2 is 1.69 bits per heavy atom. The van der Waals surface area contributed by atoms with Gasteiger partial charge in [-0.25, -0.2) is 0 Å². The summed E-state index contributed by atoms with van der Waals surface area (Å²) in [7, 11) is 4.64. The van der Waals surface area contributed by atoms with Crippen LogP contribution in [-0.2, 0) is 4.79 Å². The van der Waals surface area contributed by atoms with Crippen molar-refractivity contribution in [3.8, 4) is 17.6 Å². The Morgan fingerprint density at radius 3 is 2.12 bits per heavy atom. The first-order valence-corrected chi connectivity index (χ1v) is 8.42. The lowest BCUT2D eigenvalue weighted by molar-refractivity contribution is -0.133. The molecule has 0 aliphatic rings. The van der Waals surface area contributed by atoms with E-state index in [1.807, 2.05) is 13.8 Å². The smallest absolute Gasteiger partial charge is 0.252 e. The van der Waals surface area contributed by atoms with Crippen LogP contribution in [0.3, 0.4) is 0 Å². The lowest BCUT2D eigenvalue weighted by atomic mass is 10.0. The molecule has 0 aromatic heterocycles. The Bertz CT molecular complexity index is 660. The van der Waals surface area contributed by atoms with Gasteiger partial charge in [0.05, 0.1) is 26.2 Å². The highest BCUT2D eigenvalue weighted by Crippen LogP contribution is 2.22. The van der Waals surface area contributed by atoms with Crippen LogP contribution in [-0.4, -0.2) is 50.6 Å². The highest BCUT2D eigenvalue weighted by molar-refractivity contribution is 5.98. The molecule has 0 heterocycles. The van der Waals surface area contributed by atoms with Crippen LogP contribution in [0.25, 0.3) is 0 Å². The van der Waals surface area contributed by atoms with E-state index in [0.717, 1.165) is 0 Å². The second-order valence-electron chi connectivity index (χ2n) is 6.55. The Morgan fingerprint density at radius 1 is 1.15 bits per heavy atom. The van der Waals surface area contributed by atoms with Crippen molar-refractivity contribution in [2.24, 2.45) is 11.8 Å². The molecule has 0 saturated carbocycles. The predicted molar refractivity (Wildman–Crippen MR) is 98.1 cm³/mol. The van der Waals surface area contributed by atoms with Crippen molar-refractivity contribution >= 4 is 11.8 Å². The number of rotatable bonds is 8. The third-order valence-electron chi connectivity index (χ3n) is 3.98. The monoisotopic (exact) mass is 361 g/mol. The van der Waals surface area contributed by atoms with Crippen molar-refractivity contribution in [2.75, 3.05) is 27.8 Å². The largest absolute Gasteiger partial charge is 0.497 e. The van der Waals surface area contributed by atoms with E-state index in [1.54, 1.807) is 32.2 Å². The molecular formula is C19H27N3O4. The summed E-state index contributed by atoms with van der Waals surface area (Å²) in [5.74, 6) is -0.0426. The van der Waals surface area contributed by atoms with E-state index in [2.05, 4.69) is 11.4 Å². The molecule has 142 valence electrons. The quantitative estimate of drug-likeness (QED) is 0.765. The Kier molecular flexibility index (Phi) is 7.91. The molecule has 2 atom stereocenters. The van der Waals surface area contributed by atoms with Gasteiger partial charge >= 0.3 is 0 Å². The van der Waals surface area contributed by atoms with Gasteiger partial charge in [0.2, 0.25) is 5.91 Å². The second kappa shape index (κ2) is 9.66. The molecule has 0 aliphatic carbocycles. The molecule has 0 aliphatic heterocycles. The van der Waals surface area contributed by atoms with Crippen molar-refractivity contribution in [3.63, 3.8) is 0 Å². The molecule has 0 radical (unpaired) electrons. The lowest BCUT2D eigenvalue weighted by Crippen LogP contribution is -2.50. The number of amides is 2. The number of carbonyl (C=O) groups excluding carboxylic acids is 2. The van der Waals surface area contributed by atoms with E-state index < -0.39 is 11.9 Å². The van der Waals surface area contributed by atoms with Crippen LogP contribution < -0.4 is 14.8 Å². The van der Waals surface area contributed by atoms with Gasteiger partial charge in [0, 0.05) is 25.2 Å². The van der Waals surface area contributed by atoms with Crippen LogP contribution in [0, 0.1) is 23.2 Å². The normalized spacial score (nSPS) is 12.7. The van der Waals surface area contributed by atoms with Gasteiger partial charge < -0.3 is 19.7 Å². The summed E-state index contributed by atoms with van der Waals surface area (Å²) >= 11 is 0. The van der Waals surface area contributed by atoms with Crippen molar-refractivity contribution in [1.29, 1.82) is 5.26 Å². The molecule has 0 bridgehead atoms. The number of hydrogen-bond donors (Lipinski definition) is 1. The van der Waals surface area contributed by atoms with Crippen LogP contribution in [0.4, 0.5) is 0 Å². The fourth-order valence-corrected chi connectivity index (χ4v) is 2.46. The number of methoxy groups -OCH3 is 2. The zero-order chi connectivity index (χ0) is 19.9. The number of hydrogen-bond acceptors (Lipinski definition) is 5. The van der Waals surface area contributed by atoms with Gasteiger partial charge in [0.15, 0.2) is 0 Å². The third kappa shape index (κ3) is 5.66. The van der Waals surface area contributed by atoms with Crippen molar-refractivity contribution in [3.05, 3.63) is 23.8 Å². The molecule has 2 amide bonds. The summed E-state index contributed by atoms with van der Waals surface area (Å²) in [6.45, 7) is 5.77. The molecule has 7 nitrogen and oxygen atoms in total. The number of nitriles is 1. The number of likely N-dealkylation sites (N-methyl/N-ethyl adjacent to an activating group) is 1. The van der Waals surface area contributed by atoms with E-state index in [9.17, 15) is 9.59 Å². The number of ether oxygens (including phenoxy) is 2. The molecule has 1 aromatic carbocycles. The van der Waals surface area contributed by atoms with Crippen molar-refractivity contribution < 1.29 is 19.1 Å². The standard InChI is InChI=1S/C19H27N3O4/c1-12(2)17(19(24)22(4)11-13(3)10-20)21-18(23)14-7-15(25-5)9-16(8-14)26-6/h7-9,12-13,17H,11H2,1-6H3,(H,21,23)/t13-,17-/m1/s1. The molecular weight excluding hydrogens is 334 g/mol. The van der Waals surface area contributed by atoms with Crippen LogP contribution in [0.15, 0.2) is 18.2 Å². The number of benzene rings is 1. The number of nitrogens with one attached hydrogen (secondary N) is 1. The van der Waals surface area contributed by atoms with Gasteiger partial charge in [0.25, 0.3) is 5.91 Å². The minimum Gasteiger partial charge on any atom is -0.497 e. The minimum absolute atomic E-state index is 0.112. The van der Waals surface area contributed by atoms with E-state index in [4.69, 9.17) is 14.7 Å². The van der Waals surface area contributed by atoms with E-state index in [0.29, 0.717) is 23.6 Å². The van der Waals surface area contributed by atoms with Crippen molar-refractivity contribution in [1.82, 2.24) is 10.2 Å². The topological polar surface area (TPSA) is 91.7 Å². The summed E-state index contributed by atoms with van der Waals surface area (Å²) in [6, 6.07) is 6.24. The average Bonchev–Trinajstić information content (AvgIpc) is 2.64. The summed E-state index contributed by atoms with van der Waals surface area (Å²) in [4.78, 5) is 26.8. The molecule has 7 heteroatoms. The summed E-state index contributed by atoms with van der Waals surface area (Å²) in [5.41, 5.74) is 0.340. The fraction of sp³-hybridized carbons (Fsp3) is 0.526. The molecule has 0 fully saturated rings. The minimum atomic E-state index is -0.699. The maximum absolute atomic E-state index is 12.7. The van der Waals surface area contributed by atoms with Crippen LogP contribution in [0.1, 0.15) is 31.1 Å². The first kappa shape index (κ1) is 21.3. The molecule has 0 spiro atoms. The number of carbonyl (C=O) groups is 2. The van der Waals surface area contributed by atoms with E-state index in [1.165, 1.54) is 19.1 Å². The maximum Gasteiger partial charge on any atom is 0.252 e. The summed E-state index contributed by atoms with van der Waals surface area (Å²) < 4.78 is 10.4. The first-order valence-electron chi connectivity index (χ1n) is 8.42. The van der Waals surface area contributed by atoms with Crippen LogP contribution in [0.5, 0.6) is 11.5 Å². The molecule has 1 rings (SSSR count). The van der Waals surface area contributed by atoms with Gasteiger partial charge in [-0.3, -0.25) is 9.59 Å². The highest BCUT2D eigenvalue weighted by Gasteiger charge is 2.28. The highest BCUT2D eigenvalue weighted by atomic mass is 16.5. The molecule has 0 saturated heterocycles. The Labute approximate surface area is 154 Å². The van der Waals surface area contributed by atoms with E-state index >= 15 is 0 Å². The predicted octanol–water partition coefficient (Wildman–Crippen LogP) is 2.08. The van der Waals surface area contributed by atoms with Gasteiger partial charge in [-0.1, -0.05) is 13.8 Å². The van der Waals surface area contributed by atoms with E-state index in [-0.39, 0.29) is 17.7 Å². The Hall–Kier alpha value is -2.75. The zero-order valence-corrected chi connectivity index (χ0v) is 16.2. The number of nitrogens with zero attached hydrogens (tertiary/aromatic N) is 2. The maximum atomic E-state index is 12.7. The van der Waals surface area contributed by atoms with Gasteiger partial charge in [-0.2, -0.15) is 5.26 Å². The third-order valence-corrected chi connectivity index (χ3v) is 3.98.